The number of hydrogen-bond donors (Lipinski definition) is 0. The van der Waals surface area contributed by atoms with E-state index in [0.717, 1.165) is 38.8 Å². The molecule has 0 saturated heterocycles. The summed E-state index contributed by atoms with van der Waals surface area (Å²) in [5, 5.41) is 0. The molecule has 1 aliphatic carbocycles. The van der Waals surface area contributed by atoms with Gasteiger partial charge >= 0.3 is 0 Å². The van der Waals surface area contributed by atoms with Gasteiger partial charge in [0.15, 0.2) is 5.78 Å². The van der Waals surface area contributed by atoms with Gasteiger partial charge in [0.05, 0.1) is 11.1 Å². The number of ketones is 1. The Morgan fingerprint density at radius 3 is 2.32 bits per heavy atom. The van der Waals surface area contributed by atoms with Crippen molar-refractivity contribution in [2.75, 3.05) is 13.1 Å². The van der Waals surface area contributed by atoms with Crippen LogP contribution in [0.5, 0.6) is 0 Å². The second-order valence-corrected chi connectivity index (χ2v) is 5.22. The van der Waals surface area contributed by atoms with E-state index < -0.39 is 11.4 Å². The molecule has 0 aliphatic heterocycles. The highest BCUT2D eigenvalue weighted by molar-refractivity contribution is 6.03. The lowest BCUT2D eigenvalue weighted by Crippen LogP contribution is -2.52. The molecular formula is C16H22FNO. The van der Waals surface area contributed by atoms with Crippen LogP contribution >= 0.6 is 0 Å². The molecule has 104 valence electrons. The summed E-state index contributed by atoms with van der Waals surface area (Å²) in [4.78, 5) is 15.1. The molecule has 1 aromatic carbocycles. The molecule has 1 saturated carbocycles. The van der Waals surface area contributed by atoms with E-state index in [0.29, 0.717) is 0 Å². The zero-order valence-electron chi connectivity index (χ0n) is 11.8. The van der Waals surface area contributed by atoms with Crippen molar-refractivity contribution in [1.82, 2.24) is 4.90 Å². The van der Waals surface area contributed by atoms with E-state index >= 15 is 0 Å². The third-order valence-electron chi connectivity index (χ3n) is 4.34. The topological polar surface area (TPSA) is 20.3 Å². The van der Waals surface area contributed by atoms with Crippen molar-refractivity contribution < 1.29 is 9.18 Å². The van der Waals surface area contributed by atoms with Gasteiger partial charge in [-0.25, -0.2) is 4.39 Å². The Balaban J connectivity index is 2.40. The molecular weight excluding hydrogens is 241 g/mol. The van der Waals surface area contributed by atoms with Crippen LogP contribution in [0.4, 0.5) is 4.39 Å². The van der Waals surface area contributed by atoms with Gasteiger partial charge in [0, 0.05) is 0 Å². The predicted molar refractivity (Wildman–Crippen MR) is 74.9 cm³/mol. The van der Waals surface area contributed by atoms with Crippen molar-refractivity contribution in [1.29, 1.82) is 0 Å². The van der Waals surface area contributed by atoms with Crippen molar-refractivity contribution >= 4 is 5.78 Å². The first-order valence-electron chi connectivity index (χ1n) is 7.20. The van der Waals surface area contributed by atoms with Gasteiger partial charge < -0.3 is 0 Å². The van der Waals surface area contributed by atoms with Gasteiger partial charge in [-0.15, -0.1) is 0 Å². The van der Waals surface area contributed by atoms with Gasteiger partial charge in [-0.1, -0.05) is 38.8 Å². The summed E-state index contributed by atoms with van der Waals surface area (Å²) in [6, 6.07) is 6.35. The average molecular weight is 263 g/mol. The second kappa shape index (κ2) is 5.83. The summed E-state index contributed by atoms with van der Waals surface area (Å²) >= 11 is 0. The third-order valence-corrected chi connectivity index (χ3v) is 4.34. The predicted octanol–water partition coefficient (Wildman–Crippen LogP) is 3.66. The molecule has 0 bridgehead atoms. The number of Topliss-reactive ketones (excluding diaryl/α,β-unsaturated/α-hetero) is 1. The summed E-state index contributed by atoms with van der Waals surface area (Å²) in [5.41, 5.74) is -0.234. The Hall–Kier alpha value is -1.22. The molecule has 1 aliphatic rings. The lowest BCUT2D eigenvalue weighted by atomic mass is 9.85. The Morgan fingerprint density at radius 1 is 1.21 bits per heavy atom. The number of rotatable bonds is 5. The first-order valence-corrected chi connectivity index (χ1v) is 7.20. The van der Waals surface area contributed by atoms with Crippen LogP contribution in [-0.2, 0) is 0 Å². The van der Waals surface area contributed by atoms with E-state index in [2.05, 4.69) is 18.7 Å². The maximum atomic E-state index is 13.9. The number of nitrogens with zero attached hydrogens (tertiary/aromatic N) is 1. The molecule has 3 heteroatoms. The molecule has 19 heavy (non-hydrogen) atoms. The largest absolute Gasteiger partial charge is 0.292 e. The second-order valence-electron chi connectivity index (χ2n) is 5.22. The molecule has 0 heterocycles. The summed E-state index contributed by atoms with van der Waals surface area (Å²) in [5.74, 6) is -0.433. The summed E-state index contributed by atoms with van der Waals surface area (Å²) < 4.78 is 13.9. The monoisotopic (exact) mass is 263 g/mol. The summed E-state index contributed by atoms with van der Waals surface area (Å²) in [6.07, 6.45) is 3.80. The van der Waals surface area contributed by atoms with Crippen molar-refractivity contribution in [3.8, 4) is 0 Å². The molecule has 0 radical (unpaired) electrons. The van der Waals surface area contributed by atoms with Gasteiger partial charge in [0.1, 0.15) is 5.82 Å². The van der Waals surface area contributed by atoms with Gasteiger partial charge in [-0.2, -0.15) is 0 Å². The quantitative estimate of drug-likeness (QED) is 0.756. The zero-order valence-corrected chi connectivity index (χ0v) is 11.8. The van der Waals surface area contributed by atoms with Crippen LogP contribution in [0.25, 0.3) is 0 Å². The minimum absolute atomic E-state index is 0.0354. The summed E-state index contributed by atoms with van der Waals surface area (Å²) in [7, 11) is 0. The van der Waals surface area contributed by atoms with Gasteiger partial charge in [0.25, 0.3) is 0 Å². The van der Waals surface area contributed by atoms with Crippen LogP contribution in [0.2, 0.25) is 0 Å². The molecule has 0 unspecified atom stereocenters. The number of hydrogen-bond acceptors (Lipinski definition) is 2. The van der Waals surface area contributed by atoms with Crippen LogP contribution in [0.1, 0.15) is 49.9 Å². The van der Waals surface area contributed by atoms with Crippen LogP contribution in [0, 0.1) is 5.82 Å². The van der Waals surface area contributed by atoms with Crippen LogP contribution < -0.4 is 0 Å². The SMILES string of the molecule is CCN(CC)C1(C(=O)c2ccccc2F)CCCC1. The van der Waals surface area contributed by atoms with Crippen molar-refractivity contribution in [2.24, 2.45) is 0 Å². The van der Waals surface area contributed by atoms with Crippen LogP contribution in [-0.4, -0.2) is 29.3 Å². The normalized spacial score (nSPS) is 17.9. The van der Waals surface area contributed by atoms with Crippen molar-refractivity contribution in [3.05, 3.63) is 35.6 Å². The molecule has 0 N–H and O–H groups in total. The number of carbonyl (C=O) groups excluding carboxylic acids is 1. The fraction of sp³-hybridized carbons (Fsp3) is 0.562. The molecule has 0 amide bonds. The highest BCUT2D eigenvalue weighted by atomic mass is 19.1. The van der Waals surface area contributed by atoms with E-state index in [4.69, 9.17) is 0 Å². The Kier molecular flexibility index (Phi) is 4.35. The van der Waals surface area contributed by atoms with Gasteiger partial charge in [-0.05, 0) is 38.1 Å². The minimum Gasteiger partial charge on any atom is -0.292 e. The van der Waals surface area contributed by atoms with Crippen LogP contribution in [0.3, 0.4) is 0 Å². The molecule has 0 aromatic heterocycles. The van der Waals surface area contributed by atoms with E-state index in [9.17, 15) is 9.18 Å². The molecule has 1 fully saturated rings. The zero-order chi connectivity index (χ0) is 13.9. The van der Waals surface area contributed by atoms with Gasteiger partial charge in [-0.3, -0.25) is 9.69 Å². The Bertz CT molecular complexity index is 448. The Morgan fingerprint density at radius 2 is 1.79 bits per heavy atom. The smallest absolute Gasteiger partial charge is 0.186 e. The van der Waals surface area contributed by atoms with E-state index in [1.807, 2.05) is 0 Å². The highest BCUT2D eigenvalue weighted by Gasteiger charge is 2.45. The lowest BCUT2D eigenvalue weighted by molar-refractivity contribution is 0.0580. The minimum atomic E-state index is -0.480. The first kappa shape index (κ1) is 14.2. The van der Waals surface area contributed by atoms with Crippen molar-refractivity contribution in [3.63, 3.8) is 0 Å². The number of carbonyl (C=O) groups is 1. The molecule has 0 spiro atoms. The fourth-order valence-corrected chi connectivity index (χ4v) is 3.37. The lowest BCUT2D eigenvalue weighted by Gasteiger charge is -2.39. The average Bonchev–Trinajstić information content (AvgIpc) is 2.90. The van der Waals surface area contributed by atoms with E-state index in [1.54, 1.807) is 18.2 Å². The maximum Gasteiger partial charge on any atom is 0.186 e. The molecule has 2 nitrogen and oxygen atoms in total. The van der Waals surface area contributed by atoms with E-state index in [1.165, 1.54) is 6.07 Å². The van der Waals surface area contributed by atoms with Gasteiger partial charge in [0.2, 0.25) is 0 Å². The number of benzene rings is 1. The first-order chi connectivity index (χ1) is 9.15. The fourth-order valence-electron chi connectivity index (χ4n) is 3.37. The number of likely N-dealkylation sites (N-methyl/N-ethyl adjacent to an activating group) is 1. The molecule has 1 aromatic rings. The Labute approximate surface area is 114 Å². The van der Waals surface area contributed by atoms with Crippen molar-refractivity contribution in [2.45, 2.75) is 45.1 Å². The van der Waals surface area contributed by atoms with E-state index in [-0.39, 0.29) is 11.3 Å². The highest BCUT2D eigenvalue weighted by Crippen LogP contribution is 2.38. The maximum absolute atomic E-state index is 13.9. The number of halogens is 1. The molecule has 2 rings (SSSR count). The standard InChI is InChI=1S/C16H22FNO/c1-3-18(4-2)16(11-7-8-12-16)15(19)13-9-5-6-10-14(13)17/h5-6,9-10H,3-4,7-8,11-12H2,1-2H3. The molecule has 0 atom stereocenters. The third kappa shape index (κ3) is 2.44. The van der Waals surface area contributed by atoms with Crippen LogP contribution in [0.15, 0.2) is 24.3 Å². The summed E-state index contributed by atoms with van der Waals surface area (Å²) in [6.45, 7) is 5.80.